The lowest BCUT2D eigenvalue weighted by Gasteiger charge is -2.13. The summed E-state index contributed by atoms with van der Waals surface area (Å²) in [5.41, 5.74) is 0.671. The third kappa shape index (κ3) is 5.87. The molecular weight excluding hydrogens is 346 g/mol. The van der Waals surface area contributed by atoms with E-state index in [1.165, 1.54) is 11.8 Å². The van der Waals surface area contributed by atoms with Crippen LogP contribution in [0.15, 0.2) is 34.2 Å². The average molecular weight is 376 g/mol. The van der Waals surface area contributed by atoms with Crippen molar-refractivity contribution in [2.24, 2.45) is 5.92 Å². The number of benzene rings is 1. The lowest BCUT2D eigenvalue weighted by Crippen LogP contribution is -2.29. The van der Waals surface area contributed by atoms with Gasteiger partial charge in [-0.05, 0) is 24.5 Å². The molecule has 1 aromatic heterocycles. The first-order valence-corrected chi connectivity index (χ1v) is 10.4. The standard InChI is InChI=1S/C20H29N3O2S/c1-4-5-6-9-12-23-19(25)16-10-7-8-11-17(16)22-20(23)26-14-18(24)21-13-15(2)3/h7-8,10-11,15H,4-6,9,12-14H2,1-3H3,(H,21,24). The van der Waals surface area contributed by atoms with Crippen molar-refractivity contribution in [3.05, 3.63) is 34.6 Å². The summed E-state index contributed by atoms with van der Waals surface area (Å²) in [4.78, 5) is 29.6. The van der Waals surface area contributed by atoms with Gasteiger partial charge in [0.25, 0.3) is 5.56 Å². The van der Waals surface area contributed by atoms with Crippen molar-refractivity contribution in [1.82, 2.24) is 14.9 Å². The van der Waals surface area contributed by atoms with Crippen LogP contribution >= 0.6 is 11.8 Å². The second-order valence-electron chi connectivity index (χ2n) is 6.92. The molecule has 142 valence electrons. The number of rotatable bonds is 10. The summed E-state index contributed by atoms with van der Waals surface area (Å²) in [5.74, 6) is 0.662. The van der Waals surface area contributed by atoms with E-state index in [0.717, 1.165) is 25.7 Å². The van der Waals surface area contributed by atoms with Crippen molar-refractivity contribution in [3.8, 4) is 0 Å². The number of aromatic nitrogens is 2. The first-order valence-electron chi connectivity index (χ1n) is 9.42. The molecule has 0 saturated carbocycles. The van der Waals surface area contributed by atoms with E-state index in [0.29, 0.717) is 35.1 Å². The van der Waals surface area contributed by atoms with Crippen LogP contribution in [0.25, 0.3) is 10.9 Å². The Balaban J connectivity index is 2.18. The van der Waals surface area contributed by atoms with E-state index < -0.39 is 0 Å². The fourth-order valence-corrected chi connectivity index (χ4v) is 3.51. The van der Waals surface area contributed by atoms with Crippen molar-refractivity contribution in [2.45, 2.75) is 58.2 Å². The average Bonchev–Trinajstić information content (AvgIpc) is 2.63. The predicted molar refractivity (Wildman–Crippen MR) is 109 cm³/mol. The van der Waals surface area contributed by atoms with E-state index in [1.807, 2.05) is 24.3 Å². The monoisotopic (exact) mass is 375 g/mol. The third-order valence-corrected chi connectivity index (χ3v) is 5.08. The van der Waals surface area contributed by atoms with Crippen LogP contribution in [-0.4, -0.2) is 27.8 Å². The van der Waals surface area contributed by atoms with Crippen LogP contribution in [0, 0.1) is 5.92 Å². The Labute approximate surface area is 159 Å². The van der Waals surface area contributed by atoms with E-state index in [-0.39, 0.29) is 17.2 Å². The molecule has 1 N–H and O–H groups in total. The molecule has 0 aliphatic carbocycles. The van der Waals surface area contributed by atoms with Crippen LogP contribution < -0.4 is 10.9 Å². The number of nitrogens with one attached hydrogen (secondary N) is 1. The van der Waals surface area contributed by atoms with Gasteiger partial charge in [0.15, 0.2) is 5.16 Å². The quantitative estimate of drug-likeness (QED) is 0.389. The zero-order chi connectivity index (χ0) is 18.9. The first kappa shape index (κ1) is 20.5. The lowest BCUT2D eigenvalue weighted by molar-refractivity contribution is -0.118. The van der Waals surface area contributed by atoms with Gasteiger partial charge in [0.2, 0.25) is 5.91 Å². The number of hydrogen-bond donors (Lipinski definition) is 1. The van der Waals surface area contributed by atoms with Crippen molar-refractivity contribution < 1.29 is 4.79 Å². The molecular formula is C20H29N3O2S. The first-order chi connectivity index (χ1) is 12.5. The van der Waals surface area contributed by atoms with Crippen LogP contribution in [0.1, 0.15) is 46.5 Å². The van der Waals surface area contributed by atoms with Crippen LogP contribution in [0.3, 0.4) is 0 Å². The predicted octanol–water partition coefficient (Wildman–Crippen LogP) is 3.84. The fraction of sp³-hybridized carbons (Fsp3) is 0.550. The van der Waals surface area contributed by atoms with E-state index in [4.69, 9.17) is 0 Å². The molecule has 0 unspecified atom stereocenters. The number of para-hydroxylation sites is 1. The molecule has 1 amide bonds. The highest BCUT2D eigenvalue weighted by molar-refractivity contribution is 7.99. The molecule has 5 nitrogen and oxygen atoms in total. The Morgan fingerprint density at radius 3 is 2.73 bits per heavy atom. The molecule has 26 heavy (non-hydrogen) atoms. The summed E-state index contributed by atoms with van der Waals surface area (Å²) in [7, 11) is 0. The van der Waals surface area contributed by atoms with Gasteiger partial charge in [0.05, 0.1) is 16.7 Å². The molecule has 0 atom stereocenters. The second-order valence-corrected chi connectivity index (χ2v) is 7.86. The molecule has 0 fully saturated rings. The van der Waals surface area contributed by atoms with Crippen molar-refractivity contribution in [2.75, 3.05) is 12.3 Å². The van der Waals surface area contributed by atoms with Gasteiger partial charge in [-0.3, -0.25) is 14.2 Å². The molecule has 2 aromatic rings. The van der Waals surface area contributed by atoms with Crippen molar-refractivity contribution >= 4 is 28.6 Å². The Morgan fingerprint density at radius 1 is 1.23 bits per heavy atom. The number of unbranched alkanes of at least 4 members (excludes halogenated alkanes) is 3. The zero-order valence-corrected chi connectivity index (χ0v) is 16.8. The number of carbonyl (C=O) groups is 1. The molecule has 0 radical (unpaired) electrons. The summed E-state index contributed by atoms with van der Waals surface area (Å²) in [6.45, 7) is 7.60. The highest BCUT2D eigenvalue weighted by atomic mass is 32.2. The number of thioether (sulfide) groups is 1. The molecule has 0 aliphatic rings. The Bertz CT molecular complexity index is 786. The maximum Gasteiger partial charge on any atom is 0.262 e. The topological polar surface area (TPSA) is 64.0 Å². The molecule has 1 aromatic carbocycles. The lowest BCUT2D eigenvalue weighted by atomic mass is 10.2. The van der Waals surface area contributed by atoms with Crippen molar-refractivity contribution in [1.29, 1.82) is 0 Å². The summed E-state index contributed by atoms with van der Waals surface area (Å²) in [6, 6.07) is 7.40. The fourth-order valence-electron chi connectivity index (χ4n) is 2.65. The van der Waals surface area contributed by atoms with Gasteiger partial charge >= 0.3 is 0 Å². The third-order valence-electron chi connectivity index (χ3n) is 4.10. The normalized spacial score (nSPS) is 11.2. The Hall–Kier alpha value is -1.82. The summed E-state index contributed by atoms with van der Waals surface area (Å²) in [6.07, 6.45) is 4.36. The van der Waals surface area contributed by atoms with E-state index in [9.17, 15) is 9.59 Å². The maximum absolute atomic E-state index is 12.9. The van der Waals surface area contributed by atoms with Gasteiger partial charge < -0.3 is 5.32 Å². The minimum Gasteiger partial charge on any atom is -0.355 e. The van der Waals surface area contributed by atoms with Crippen LogP contribution in [0.2, 0.25) is 0 Å². The highest BCUT2D eigenvalue weighted by Gasteiger charge is 2.13. The molecule has 2 rings (SSSR count). The van der Waals surface area contributed by atoms with E-state index >= 15 is 0 Å². The summed E-state index contributed by atoms with van der Waals surface area (Å²) >= 11 is 1.34. The number of hydrogen-bond acceptors (Lipinski definition) is 4. The summed E-state index contributed by atoms with van der Waals surface area (Å²) < 4.78 is 1.73. The van der Waals surface area contributed by atoms with Gasteiger partial charge in [-0.15, -0.1) is 0 Å². The largest absolute Gasteiger partial charge is 0.355 e. The van der Waals surface area contributed by atoms with Gasteiger partial charge in [-0.25, -0.2) is 4.98 Å². The molecule has 6 heteroatoms. The highest BCUT2D eigenvalue weighted by Crippen LogP contribution is 2.18. The maximum atomic E-state index is 12.9. The minimum atomic E-state index is -0.0244. The van der Waals surface area contributed by atoms with Gasteiger partial charge in [-0.1, -0.05) is 63.9 Å². The SMILES string of the molecule is CCCCCCn1c(SCC(=O)NCC(C)C)nc2ccccc2c1=O. The Morgan fingerprint density at radius 2 is 2.00 bits per heavy atom. The molecule has 0 spiro atoms. The van der Waals surface area contributed by atoms with Crippen molar-refractivity contribution in [3.63, 3.8) is 0 Å². The number of fused-ring (bicyclic) bond motifs is 1. The molecule has 0 bridgehead atoms. The number of carbonyl (C=O) groups excluding carboxylic acids is 1. The van der Waals surface area contributed by atoms with Crippen LogP contribution in [0.5, 0.6) is 0 Å². The van der Waals surface area contributed by atoms with Crippen LogP contribution in [-0.2, 0) is 11.3 Å². The summed E-state index contributed by atoms with van der Waals surface area (Å²) in [5, 5.41) is 4.17. The number of amides is 1. The van der Waals surface area contributed by atoms with E-state index in [2.05, 4.69) is 31.1 Å². The van der Waals surface area contributed by atoms with Gasteiger partial charge in [-0.2, -0.15) is 0 Å². The zero-order valence-electron chi connectivity index (χ0n) is 16.0. The molecule has 1 heterocycles. The van der Waals surface area contributed by atoms with E-state index in [1.54, 1.807) is 4.57 Å². The second kappa shape index (κ2) is 10.4. The smallest absolute Gasteiger partial charge is 0.262 e. The van der Waals surface area contributed by atoms with Gasteiger partial charge in [0, 0.05) is 13.1 Å². The molecule has 0 saturated heterocycles. The number of nitrogens with zero attached hydrogens (tertiary/aromatic N) is 2. The van der Waals surface area contributed by atoms with Gasteiger partial charge in [0.1, 0.15) is 0 Å². The van der Waals surface area contributed by atoms with Crippen LogP contribution in [0.4, 0.5) is 0 Å². The minimum absolute atomic E-state index is 0.0165. The Kier molecular flexibility index (Phi) is 8.16. The molecule has 0 aliphatic heterocycles.